The van der Waals surface area contributed by atoms with Crippen LogP contribution in [-0.2, 0) is 13.0 Å². The van der Waals surface area contributed by atoms with Gasteiger partial charge in [0.15, 0.2) is 5.96 Å². The van der Waals surface area contributed by atoms with Crippen LogP contribution in [0.1, 0.15) is 17.7 Å². The zero-order chi connectivity index (χ0) is 18.1. The quantitative estimate of drug-likeness (QED) is 0.419. The first-order valence-corrected chi connectivity index (χ1v) is 8.80. The van der Waals surface area contributed by atoms with E-state index in [1.165, 1.54) is 6.07 Å². The number of hydrogen-bond donors (Lipinski definition) is 2. The average Bonchev–Trinajstić information content (AvgIpc) is 2.62. The number of nitrogens with zero attached hydrogens (tertiary/aromatic N) is 2. The number of pyridine rings is 1. The van der Waals surface area contributed by atoms with Gasteiger partial charge >= 0.3 is 0 Å². The van der Waals surface area contributed by atoms with Crippen molar-refractivity contribution < 1.29 is 9.13 Å². The van der Waals surface area contributed by atoms with E-state index in [1.54, 1.807) is 26.3 Å². The third-order valence-electron chi connectivity index (χ3n) is 3.58. The van der Waals surface area contributed by atoms with Crippen LogP contribution in [-0.4, -0.2) is 31.6 Å². The van der Waals surface area contributed by atoms with Gasteiger partial charge in [0.05, 0.1) is 19.3 Å². The number of halogens is 2. The van der Waals surface area contributed by atoms with E-state index < -0.39 is 0 Å². The van der Waals surface area contributed by atoms with Crippen LogP contribution in [0.3, 0.4) is 0 Å². The Hall–Kier alpha value is -2.15. The Morgan fingerprint density at radius 1 is 1.28 bits per heavy atom. The maximum atomic E-state index is 13.8. The van der Waals surface area contributed by atoms with Crippen LogP contribution in [0.2, 0.25) is 0 Å². The summed E-state index contributed by atoms with van der Waals surface area (Å²) in [5.74, 6) is 1.08. The zero-order valence-corrected chi connectivity index (χ0v) is 15.9. The molecule has 0 radical (unpaired) electrons. The second-order valence-corrected chi connectivity index (χ2v) is 6.28. The maximum Gasteiger partial charge on any atom is 0.213 e. The van der Waals surface area contributed by atoms with E-state index >= 15 is 0 Å². The molecule has 0 bridgehead atoms. The molecule has 0 aliphatic carbocycles. The SMILES string of the molecule is CN=C(NCCCc1ccc(Br)cc1F)NCc1cccc(OC)n1. The van der Waals surface area contributed by atoms with Crippen molar-refractivity contribution in [1.29, 1.82) is 0 Å². The standard InChI is InChI=1S/C18H22BrFN4O/c1-21-18(23-12-15-6-3-7-17(24-15)25-2)22-10-4-5-13-8-9-14(19)11-16(13)20/h3,6-9,11H,4-5,10,12H2,1-2H3,(H2,21,22,23). The molecule has 0 amide bonds. The number of ether oxygens (including phenoxy) is 1. The number of nitrogens with one attached hydrogen (secondary N) is 2. The molecule has 0 saturated heterocycles. The molecule has 5 nitrogen and oxygen atoms in total. The van der Waals surface area contributed by atoms with E-state index in [1.807, 2.05) is 18.2 Å². The average molecular weight is 409 g/mol. The Labute approximate surface area is 155 Å². The summed E-state index contributed by atoms with van der Waals surface area (Å²) in [6.45, 7) is 1.24. The van der Waals surface area contributed by atoms with Crippen molar-refractivity contribution >= 4 is 21.9 Å². The number of rotatable bonds is 7. The Morgan fingerprint density at radius 3 is 2.84 bits per heavy atom. The van der Waals surface area contributed by atoms with Crippen molar-refractivity contribution in [1.82, 2.24) is 15.6 Å². The van der Waals surface area contributed by atoms with E-state index in [0.717, 1.165) is 16.6 Å². The normalized spacial score (nSPS) is 11.3. The molecule has 0 aliphatic heterocycles. The summed E-state index contributed by atoms with van der Waals surface area (Å²) >= 11 is 3.26. The monoisotopic (exact) mass is 408 g/mol. The van der Waals surface area contributed by atoms with Gasteiger partial charge < -0.3 is 15.4 Å². The molecule has 0 fully saturated rings. The molecule has 1 aromatic carbocycles. The minimum Gasteiger partial charge on any atom is -0.481 e. The summed E-state index contributed by atoms with van der Waals surface area (Å²) in [4.78, 5) is 8.51. The second-order valence-electron chi connectivity index (χ2n) is 5.36. The molecule has 0 spiro atoms. The Morgan fingerprint density at radius 2 is 2.12 bits per heavy atom. The molecule has 2 aromatic rings. The Bertz CT molecular complexity index is 724. The van der Waals surface area contributed by atoms with Gasteiger partial charge in [-0.3, -0.25) is 4.99 Å². The van der Waals surface area contributed by atoms with Gasteiger partial charge in [0, 0.05) is 24.1 Å². The van der Waals surface area contributed by atoms with Gasteiger partial charge in [0.2, 0.25) is 5.88 Å². The van der Waals surface area contributed by atoms with Crippen molar-refractivity contribution in [2.75, 3.05) is 20.7 Å². The number of aryl methyl sites for hydroxylation is 1. The lowest BCUT2D eigenvalue weighted by molar-refractivity contribution is 0.396. The maximum absolute atomic E-state index is 13.8. The van der Waals surface area contributed by atoms with Crippen LogP contribution in [0.15, 0.2) is 45.9 Å². The summed E-state index contributed by atoms with van der Waals surface area (Å²) < 4.78 is 19.6. The molecular formula is C18H22BrFN4O. The van der Waals surface area contributed by atoms with Gasteiger partial charge in [-0.2, -0.15) is 0 Å². The number of aromatic nitrogens is 1. The summed E-state index contributed by atoms with van der Waals surface area (Å²) in [5, 5.41) is 6.41. The van der Waals surface area contributed by atoms with Gasteiger partial charge in [-0.25, -0.2) is 9.37 Å². The number of aliphatic imine (C=N–C) groups is 1. The molecule has 25 heavy (non-hydrogen) atoms. The lowest BCUT2D eigenvalue weighted by atomic mass is 10.1. The largest absolute Gasteiger partial charge is 0.481 e. The molecule has 0 saturated carbocycles. The fourth-order valence-electron chi connectivity index (χ4n) is 2.27. The third-order valence-corrected chi connectivity index (χ3v) is 4.07. The lowest BCUT2D eigenvalue weighted by Gasteiger charge is -2.12. The summed E-state index contributed by atoms with van der Waals surface area (Å²) in [7, 11) is 3.30. The molecule has 2 rings (SSSR count). The summed E-state index contributed by atoms with van der Waals surface area (Å²) in [5.41, 5.74) is 1.58. The summed E-state index contributed by atoms with van der Waals surface area (Å²) in [6, 6.07) is 10.8. The highest BCUT2D eigenvalue weighted by Crippen LogP contribution is 2.16. The minimum atomic E-state index is -0.180. The van der Waals surface area contributed by atoms with Crippen LogP contribution >= 0.6 is 15.9 Å². The van der Waals surface area contributed by atoms with Crippen molar-refractivity contribution in [2.45, 2.75) is 19.4 Å². The molecule has 7 heteroatoms. The highest BCUT2D eigenvalue weighted by atomic mass is 79.9. The molecule has 1 aromatic heterocycles. The Kier molecular flexibility index (Phi) is 7.66. The number of hydrogen-bond acceptors (Lipinski definition) is 3. The molecule has 0 aliphatic rings. The van der Waals surface area contributed by atoms with Gasteiger partial charge in [0.1, 0.15) is 5.82 Å². The van der Waals surface area contributed by atoms with E-state index in [0.29, 0.717) is 36.9 Å². The topological polar surface area (TPSA) is 58.5 Å². The Balaban J connectivity index is 1.74. The van der Waals surface area contributed by atoms with Crippen LogP contribution in [0, 0.1) is 5.82 Å². The fraction of sp³-hybridized carbons (Fsp3) is 0.333. The van der Waals surface area contributed by atoms with Crippen LogP contribution < -0.4 is 15.4 Å². The van der Waals surface area contributed by atoms with Crippen LogP contribution in [0.25, 0.3) is 0 Å². The van der Waals surface area contributed by atoms with E-state index in [2.05, 4.69) is 36.5 Å². The van der Waals surface area contributed by atoms with Crippen molar-refractivity contribution in [3.05, 3.63) is 57.9 Å². The van der Waals surface area contributed by atoms with E-state index in [9.17, 15) is 4.39 Å². The van der Waals surface area contributed by atoms with Gasteiger partial charge in [0.25, 0.3) is 0 Å². The number of guanidine groups is 1. The predicted molar refractivity (Wildman–Crippen MR) is 101 cm³/mol. The fourth-order valence-corrected chi connectivity index (χ4v) is 2.61. The van der Waals surface area contributed by atoms with Gasteiger partial charge in [-0.05, 0) is 36.6 Å². The second kappa shape index (κ2) is 9.98. The predicted octanol–water partition coefficient (Wildman–Crippen LogP) is 3.29. The number of methoxy groups -OCH3 is 1. The van der Waals surface area contributed by atoms with E-state index in [4.69, 9.17) is 4.74 Å². The van der Waals surface area contributed by atoms with Crippen molar-refractivity contribution in [2.24, 2.45) is 4.99 Å². The minimum absolute atomic E-state index is 0.180. The molecule has 134 valence electrons. The first kappa shape index (κ1) is 19.2. The molecular weight excluding hydrogens is 387 g/mol. The third kappa shape index (κ3) is 6.34. The smallest absolute Gasteiger partial charge is 0.213 e. The molecule has 2 N–H and O–H groups in total. The lowest BCUT2D eigenvalue weighted by Crippen LogP contribution is -2.37. The first-order chi connectivity index (χ1) is 12.1. The van der Waals surface area contributed by atoms with Crippen LogP contribution in [0.5, 0.6) is 5.88 Å². The summed E-state index contributed by atoms with van der Waals surface area (Å²) in [6.07, 6.45) is 1.47. The highest BCUT2D eigenvalue weighted by molar-refractivity contribution is 9.10. The van der Waals surface area contributed by atoms with Crippen molar-refractivity contribution in [3.63, 3.8) is 0 Å². The van der Waals surface area contributed by atoms with Crippen molar-refractivity contribution in [3.8, 4) is 5.88 Å². The van der Waals surface area contributed by atoms with Gasteiger partial charge in [-0.1, -0.05) is 28.1 Å². The molecule has 0 unspecified atom stereocenters. The molecule has 0 atom stereocenters. The number of benzene rings is 1. The first-order valence-electron chi connectivity index (χ1n) is 8.00. The van der Waals surface area contributed by atoms with Gasteiger partial charge in [-0.15, -0.1) is 0 Å². The highest BCUT2D eigenvalue weighted by Gasteiger charge is 2.04. The molecule has 1 heterocycles. The van der Waals surface area contributed by atoms with Crippen LogP contribution in [0.4, 0.5) is 4.39 Å². The zero-order valence-electron chi connectivity index (χ0n) is 14.4. The van der Waals surface area contributed by atoms with E-state index in [-0.39, 0.29) is 5.82 Å².